The van der Waals surface area contributed by atoms with Gasteiger partial charge in [0.1, 0.15) is 0 Å². The Balaban J connectivity index is 1.93. The van der Waals surface area contributed by atoms with Gasteiger partial charge in [-0.1, -0.05) is 11.2 Å². The van der Waals surface area contributed by atoms with Crippen molar-refractivity contribution in [2.45, 2.75) is 19.6 Å². The zero-order valence-electron chi connectivity index (χ0n) is 12.1. The Labute approximate surface area is 128 Å². The highest BCUT2D eigenvalue weighted by Crippen LogP contribution is 1.94. The summed E-state index contributed by atoms with van der Waals surface area (Å²) in [7, 11) is 0. The number of hydrogen-bond acceptors (Lipinski definition) is 3. The van der Waals surface area contributed by atoms with Crippen molar-refractivity contribution in [2.75, 3.05) is 0 Å². The van der Waals surface area contributed by atoms with Crippen LogP contribution >= 0.6 is 0 Å². The molecule has 0 spiro atoms. The first-order valence-electron chi connectivity index (χ1n) is 6.91. The zero-order valence-corrected chi connectivity index (χ0v) is 12.1. The monoisotopic (exact) mass is 298 g/mol. The van der Waals surface area contributed by atoms with Crippen molar-refractivity contribution >= 4 is 5.91 Å². The van der Waals surface area contributed by atoms with Crippen LogP contribution in [0.4, 0.5) is 0 Å². The third-order valence-electron chi connectivity index (χ3n) is 3.22. The summed E-state index contributed by atoms with van der Waals surface area (Å²) in [6, 6.07) is 9.06. The van der Waals surface area contributed by atoms with Gasteiger partial charge in [0.15, 0.2) is 38.2 Å². The lowest BCUT2D eigenvalue weighted by Gasteiger charge is -1.97. The van der Waals surface area contributed by atoms with E-state index in [-0.39, 0.29) is 6.54 Å². The maximum absolute atomic E-state index is 11.0. The molecule has 0 aliphatic rings. The zero-order chi connectivity index (χ0) is 15.8. The van der Waals surface area contributed by atoms with Crippen LogP contribution in [0.1, 0.15) is 16.1 Å². The fraction of sp³-hybridized carbons (Fsp3) is 0.188. The van der Waals surface area contributed by atoms with E-state index in [2.05, 4.69) is 5.18 Å². The van der Waals surface area contributed by atoms with Gasteiger partial charge < -0.3 is 5.73 Å². The van der Waals surface area contributed by atoms with Crippen molar-refractivity contribution < 1.29 is 13.9 Å². The molecule has 0 aliphatic heterocycles. The summed E-state index contributed by atoms with van der Waals surface area (Å²) >= 11 is 0. The van der Waals surface area contributed by atoms with Crippen LogP contribution in [0.2, 0.25) is 0 Å². The number of pyridine rings is 2. The van der Waals surface area contributed by atoms with Crippen molar-refractivity contribution in [1.82, 2.24) is 0 Å². The average Bonchev–Trinajstić information content (AvgIpc) is 2.53. The van der Waals surface area contributed by atoms with Crippen LogP contribution in [0.5, 0.6) is 0 Å². The van der Waals surface area contributed by atoms with Crippen LogP contribution in [-0.4, -0.2) is 5.91 Å². The second kappa shape index (κ2) is 7.78. The molecule has 0 radical (unpaired) electrons. The van der Waals surface area contributed by atoms with Crippen molar-refractivity contribution in [1.29, 1.82) is 0 Å². The van der Waals surface area contributed by atoms with E-state index >= 15 is 0 Å². The summed E-state index contributed by atoms with van der Waals surface area (Å²) in [6.45, 7) is 1.53. The Morgan fingerprint density at radius 2 is 1.82 bits per heavy atom. The molecule has 0 saturated heterocycles. The van der Waals surface area contributed by atoms with E-state index in [1.54, 1.807) is 12.1 Å². The van der Waals surface area contributed by atoms with Crippen LogP contribution in [0.25, 0.3) is 0 Å². The highest BCUT2D eigenvalue weighted by molar-refractivity contribution is 5.92. The van der Waals surface area contributed by atoms with Gasteiger partial charge in [0.2, 0.25) is 11.6 Å². The number of nitrogens with two attached hydrogens (primary N) is 1. The maximum atomic E-state index is 11.0. The minimum Gasteiger partial charge on any atom is -0.366 e. The number of aromatic nitrogens is 2. The summed E-state index contributed by atoms with van der Waals surface area (Å²) in [5, 5.41) is 2.93. The molecule has 0 aromatic carbocycles. The van der Waals surface area contributed by atoms with Crippen LogP contribution in [0.3, 0.4) is 0 Å². The summed E-state index contributed by atoms with van der Waals surface area (Å²) in [6.07, 6.45) is 9.56. The van der Waals surface area contributed by atoms with E-state index < -0.39 is 5.91 Å². The summed E-state index contributed by atoms with van der Waals surface area (Å²) in [5.74, 6) is -0.431. The van der Waals surface area contributed by atoms with E-state index in [9.17, 15) is 9.70 Å². The number of rotatable bonds is 7. The molecule has 6 heteroatoms. The normalized spacial score (nSPS) is 10.7. The van der Waals surface area contributed by atoms with Gasteiger partial charge >= 0.3 is 0 Å². The van der Waals surface area contributed by atoms with Crippen LogP contribution in [0, 0.1) is 4.91 Å². The van der Waals surface area contributed by atoms with Gasteiger partial charge in [0.05, 0.1) is 5.56 Å². The first kappa shape index (κ1) is 15.5. The minimum absolute atomic E-state index is 0.165. The van der Waals surface area contributed by atoms with Crippen LogP contribution < -0.4 is 14.9 Å². The van der Waals surface area contributed by atoms with E-state index in [1.807, 2.05) is 58.1 Å². The molecule has 0 aliphatic carbocycles. The predicted molar refractivity (Wildman–Crippen MR) is 80.4 cm³/mol. The van der Waals surface area contributed by atoms with Crippen molar-refractivity contribution in [2.24, 2.45) is 10.9 Å². The number of nitrogens with zero attached hydrogens (tertiary/aromatic N) is 3. The molecule has 2 N–H and O–H groups in total. The molecule has 0 saturated carbocycles. The molecular formula is C16H18N4O2+2. The van der Waals surface area contributed by atoms with Gasteiger partial charge in [-0.3, -0.25) is 4.79 Å². The molecule has 0 atom stereocenters. The lowest BCUT2D eigenvalue weighted by Crippen LogP contribution is -2.37. The first-order valence-corrected chi connectivity index (χ1v) is 6.91. The van der Waals surface area contributed by atoms with E-state index in [1.165, 1.54) is 0 Å². The van der Waals surface area contributed by atoms with E-state index in [4.69, 9.17) is 5.73 Å². The van der Waals surface area contributed by atoms with Crippen molar-refractivity contribution in [3.63, 3.8) is 0 Å². The summed E-state index contributed by atoms with van der Waals surface area (Å²) in [4.78, 5) is 21.4. The molecule has 22 heavy (non-hydrogen) atoms. The topological polar surface area (TPSA) is 80.3 Å². The molecule has 112 valence electrons. The second-order valence-corrected chi connectivity index (χ2v) is 4.75. The fourth-order valence-corrected chi connectivity index (χ4v) is 2.03. The Morgan fingerprint density at radius 3 is 2.50 bits per heavy atom. The fourth-order valence-electron chi connectivity index (χ4n) is 2.03. The number of allylic oxidation sites excluding steroid dienone is 2. The Bertz CT molecular complexity index is 681. The Hall–Kier alpha value is -2.89. The second-order valence-electron chi connectivity index (χ2n) is 4.75. The molecular weight excluding hydrogens is 280 g/mol. The molecule has 2 heterocycles. The molecule has 2 aromatic heterocycles. The standard InChI is InChI=1S/C16H17N4O2/c17-16(21)14-6-11-19(12-7-14)8-3-4-10-20-9-2-1-5-15(20)13-18-22/h1-7,9,11-12H,8,10,13H2,(H-,17,21)/q+1/p+1. The maximum Gasteiger partial charge on any atom is 0.249 e. The largest absolute Gasteiger partial charge is 0.366 e. The van der Waals surface area contributed by atoms with Gasteiger partial charge in [0.25, 0.3) is 0 Å². The number of amides is 1. The van der Waals surface area contributed by atoms with E-state index in [0.29, 0.717) is 18.7 Å². The third-order valence-corrected chi connectivity index (χ3v) is 3.22. The lowest BCUT2D eigenvalue weighted by atomic mass is 10.2. The lowest BCUT2D eigenvalue weighted by molar-refractivity contribution is -0.696. The summed E-state index contributed by atoms with van der Waals surface area (Å²) in [5.41, 5.74) is 6.56. The average molecular weight is 298 g/mol. The van der Waals surface area contributed by atoms with E-state index in [0.717, 1.165) is 5.69 Å². The van der Waals surface area contributed by atoms with Gasteiger partial charge in [0, 0.05) is 24.3 Å². The molecule has 2 aromatic rings. The summed E-state index contributed by atoms with van der Waals surface area (Å²) < 4.78 is 3.91. The molecule has 2 rings (SSSR count). The quantitative estimate of drug-likeness (QED) is 0.468. The SMILES string of the molecule is NC(=O)c1cc[n+](CC=CC[n+]2ccccc2CN=O)cc1. The van der Waals surface area contributed by atoms with Gasteiger partial charge in [-0.15, -0.1) is 0 Å². The van der Waals surface area contributed by atoms with Crippen molar-refractivity contribution in [3.05, 3.63) is 77.2 Å². The smallest absolute Gasteiger partial charge is 0.249 e. The Kier molecular flexibility index (Phi) is 5.48. The highest BCUT2D eigenvalue weighted by Gasteiger charge is 2.07. The van der Waals surface area contributed by atoms with Crippen LogP contribution in [0.15, 0.2) is 66.3 Å². The van der Waals surface area contributed by atoms with Gasteiger partial charge in [-0.2, -0.15) is 9.47 Å². The molecule has 0 bridgehead atoms. The third kappa shape index (κ3) is 4.31. The molecule has 0 unspecified atom stereocenters. The number of hydrogen-bond donors (Lipinski definition) is 1. The first-order chi connectivity index (χ1) is 10.7. The number of carbonyl (C=O) groups is 1. The molecule has 1 amide bonds. The number of carbonyl (C=O) groups excluding carboxylic acids is 1. The predicted octanol–water partition coefficient (Wildman–Crippen LogP) is 0.883. The highest BCUT2D eigenvalue weighted by atomic mass is 16.3. The minimum atomic E-state index is -0.431. The molecule has 0 fully saturated rings. The number of nitroso groups, excluding NO2 is 1. The van der Waals surface area contributed by atoms with Crippen LogP contribution in [-0.2, 0) is 19.6 Å². The Morgan fingerprint density at radius 1 is 1.09 bits per heavy atom. The van der Waals surface area contributed by atoms with Gasteiger partial charge in [-0.05, 0) is 12.2 Å². The molecule has 6 nitrogen and oxygen atoms in total. The van der Waals surface area contributed by atoms with Gasteiger partial charge in [-0.25, -0.2) is 4.57 Å². The van der Waals surface area contributed by atoms with Crippen molar-refractivity contribution in [3.8, 4) is 0 Å². The number of primary amides is 1.